The number of esters is 1. The number of rotatable bonds is 9. The molecule has 1 amide bonds. The number of nitrogens with zero attached hydrogens (tertiary/aromatic N) is 1. The van der Waals surface area contributed by atoms with Crippen LogP contribution in [0.5, 0.6) is 0 Å². The first-order chi connectivity index (χ1) is 18.8. The van der Waals surface area contributed by atoms with Gasteiger partial charge in [-0.3, -0.25) is 14.5 Å². The largest absolute Gasteiger partial charge is 0.466 e. The summed E-state index contributed by atoms with van der Waals surface area (Å²) in [7, 11) is -0.0405. The summed E-state index contributed by atoms with van der Waals surface area (Å²) >= 11 is 15.7. The van der Waals surface area contributed by atoms with E-state index in [4.69, 9.17) is 32.7 Å². The van der Waals surface area contributed by atoms with E-state index in [1.54, 1.807) is 61.5 Å². The first-order valence-electron chi connectivity index (χ1n) is 12.9. The number of hydrogen-bond acceptors (Lipinski definition) is 4. The maximum Gasteiger partial charge on any atom is 0.311 e. The van der Waals surface area contributed by atoms with Crippen molar-refractivity contribution in [1.29, 1.82) is 0 Å². The standard InChI is InChI=1S/C30H31BrCl2FNO4Si/c1-18(29(37)39-14-15-40(3,4)5)27(19-6-10-22(32)11-7-19)35-28(36)24-16-21(31)17-25(34)26(24)30(35,38-2)20-8-12-23(33)13-9-20/h6-13,16-18,27H,14-15H2,1-5H3/t18?,27?,30-/m1/s1. The minimum Gasteiger partial charge on any atom is -0.466 e. The molecule has 5 nitrogen and oxygen atoms in total. The molecule has 1 heterocycles. The summed E-state index contributed by atoms with van der Waals surface area (Å²) in [4.78, 5) is 29.3. The summed E-state index contributed by atoms with van der Waals surface area (Å²) in [6.45, 7) is 8.60. The molecule has 1 aliphatic rings. The third kappa shape index (κ3) is 5.88. The van der Waals surface area contributed by atoms with Gasteiger partial charge in [0.05, 0.1) is 29.7 Å². The summed E-state index contributed by atoms with van der Waals surface area (Å²) in [5.74, 6) is -2.43. The van der Waals surface area contributed by atoms with Crippen molar-refractivity contribution in [3.63, 3.8) is 0 Å². The van der Waals surface area contributed by atoms with Crippen molar-refractivity contribution >= 4 is 59.1 Å². The Kier molecular flexibility index (Phi) is 9.17. The van der Waals surface area contributed by atoms with E-state index in [0.717, 1.165) is 6.04 Å². The molecule has 0 spiro atoms. The van der Waals surface area contributed by atoms with Crippen LogP contribution in [0, 0.1) is 11.7 Å². The van der Waals surface area contributed by atoms with Crippen LogP contribution >= 0.6 is 39.1 Å². The Morgan fingerprint density at radius 1 is 1.05 bits per heavy atom. The van der Waals surface area contributed by atoms with Crippen LogP contribution in [0.2, 0.25) is 35.7 Å². The quantitative estimate of drug-likeness (QED) is 0.170. The van der Waals surface area contributed by atoms with Gasteiger partial charge >= 0.3 is 5.97 Å². The molecule has 212 valence electrons. The second-order valence-corrected chi connectivity index (χ2v) is 18.5. The molecule has 40 heavy (non-hydrogen) atoms. The Hall–Kier alpha value is -2.23. The Bertz CT molecular complexity index is 1410. The van der Waals surface area contributed by atoms with Gasteiger partial charge in [0.15, 0.2) is 5.72 Å². The molecule has 0 radical (unpaired) electrons. The second kappa shape index (κ2) is 11.9. The number of carbonyl (C=O) groups is 2. The number of methoxy groups -OCH3 is 1. The summed E-state index contributed by atoms with van der Waals surface area (Å²) < 4.78 is 28.2. The summed E-state index contributed by atoms with van der Waals surface area (Å²) in [6, 6.07) is 16.3. The van der Waals surface area contributed by atoms with E-state index in [9.17, 15) is 9.59 Å². The molecule has 0 fully saturated rings. The van der Waals surface area contributed by atoms with E-state index >= 15 is 4.39 Å². The van der Waals surface area contributed by atoms with Crippen molar-refractivity contribution in [3.05, 3.63) is 103 Å². The number of hydrogen-bond donors (Lipinski definition) is 0. The number of ether oxygens (including phenoxy) is 2. The molecular weight excluding hydrogens is 636 g/mol. The third-order valence-electron chi connectivity index (χ3n) is 7.14. The fourth-order valence-electron chi connectivity index (χ4n) is 5.12. The maximum absolute atomic E-state index is 15.9. The Morgan fingerprint density at radius 2 is 1.62 bits per heavy atom. The second-order valence-electron chi connectivity index (χ2n) is 11.1. The number of halogens is 4. The van der Waals surface area contributed by atoms with Crippen molar-refractivity contribution < 1.29 is 23.5 Å². The highest BCUT2D eigenvalue weighted by Crippen LogP contribution is 2.52. The van der Waals surface area contributed by atoms with E-state index in [1.807, 2.05) is 0 Å². The van der Waals surface area contributed by atoms with Gasteiger partial charge in [0.25, 0.3) is 5.91 Å². The lowest BCUT2D eigenvalue weighted by Crippen LogP contribution is -2.51. The molecule has 0 saturated heterocycles. The van der Waals surface area contributed by atoms with Gasteiger partial charge in [-0.15, -0.1) is 0 Å². The number of amides is 1. The van der Waals surface area contributed by atoms with Crippen LogP contribution in [0.15, 0.2) is 65.1 Å². The van der Waals surface area contributed by atoms with Crippen LogP contribution in [0.3, 0.4) is 0 Å². The summed E-state index contributed by atoms with van der Waals surface area (Å²) in [5.41, 5.74) is -0.425. The van der Waals surface area contributed by atoms with Gasteiger partial charge in [-0.2, -0.15) is 0 Å². The van der Waals surface area contributed by atoms with E-state index in [1.165, 1.54) is 18.1 Å². The minimum atomic E-state index is -1.71. The SMILES string of the molecule is CO[C@]1(c2ccc(Cl)cc2)c2c(F)cc(Br)cc2C(=O)N1C(c1ccc(Cl)cc1)C(C)C(=O)OCC[Si](C)(C)C. The smallest absolute Gasteiger partial charge is 0.311 e. The molecule has 0 N–H and O–H groups in total. The Labute approximate surface area is 253 Å². The number of benzene rings is 3. The molecule has 3 aromatic carbocycles. The van der Waals surface area contributed by atoms with Gasteiger partial charge in [0.1, 0.15) is 5.82 Å². The highest BCUT2D eigenvalue weighted by atomic mass is 79.9. The maximum atomic E-state index is 15.9. The van der Waals surface area contributed by atoms with Gasteiger partial charge in [-0.1, -0.05) is 83.0 Å². The van der Waals surface area contributed by atoms with Crippen LogP contribution in [-0.4, -0.2) is 38.6 Å². The molecule has 0 saturated carbocycles. The number of carbonyl (C=O) groups excluding carboxylic acids is 2. The number of fused-ring (bicyclic) bond motifs is 1. The molecule has 3 aromatic rings. The molecule has 0 aliphatic carbocycles. The summed E-state index contributed by atoms with van der Waals surface area (Å²) in [5, 5.41) is 0.963. The first kappa shape index (κ1) is 30.7. The van der Waals surface area contributed by atoms with Crippen molar-refractivity contribution in [2.24, 2.45) is 5.92 Å². The van der Waals surface area contributed by atoms with Gasteiger partial charge in [-0.05, 0) is 54.9 Å². The van der Waals surface area contributed by atoms with Gasteiger partial charge in [0, 0.05) is 35.3 Å². The average molecular weight is 667 g/mol. The molecule has 10 heteroatoms. The molecule has 0 bridgehead atoms. The van der Waals surface area contributed by atoms with Crippen LogP contribution < -0.4 is 0 Å². The van der Waals surface area contributed by atoms with Gasteiger partial charge in [0.2, 0.25) is 0 Å². The molecule has 1 aliphatic heterocycles. The monoisotopic (exact) mass is 665 g/mol. The molecule has 0 aromatic heterocycles. The molecule has 4 rings (SSSR count). The van der Waals surface area contributed by atoms with Crippen LogP contribution in [-0.2, 0) is 20.0 Å². The fraction of sp³-hybridized carbons (Fsp3) is 0.333. The minimum absolute atomic E-state index is 0.0591. The van der Waals surface area contributed by atoms with Crippen molar-refractivity contribution in [1.82, 2.24) is 4.90 Å². The van der Waals surface area contributed by atoms with E-state index in [0.29, 0.717) is 25.6 Å². The molecular formula is C30H31BrCl2FNO4Si. The lowest BCUT2D eigenvalue weighted by molar-refractivity contribution is -0.155. The molecule has 3 atom stereocenters. The summed E-state index contributed by atoms with van der Waals surface area (Å²) in [6.07, 6.45) is 0. The zero-order valence-electron chi connectivity index (χ0n) is 22.9. The molecule has 2 unspecified atom stereocenters. The van der Waals surface area contributed by atoms with Crippen LogP contribution in [0.25, 0.3) is 0 Å². The first-order valence-corrected chi connectivity index (χ1v) is 18.1. The predicted molar refractivity (Wildman–Crippen MR) is 162 cm³/mol. The van der Waals surface area contributed by atoms with Crippen LogP contribution in [0.4, 0.5) is 4.39 Å². The van der Waals surface area contributed by atoms with Crippen molar-refractivity contribution in [2.45, 2.75) is 44.4 Å². The van der Waals surface area contributed by atoms with Crippen molar-refractivity contribution in [2.75, 3.05) is 13.7 Å². The average Bonchev–Trinajstić information content (AvgIpc) is 3.13. The third-order valence-corrected chi connectivity index (χ3v) is 9.81. The van der Waals surface area contributed by atoms with Crippen LogP contribution in [0.1, 0.15) is 40.0 Å². The lowest BCUT2D eigenvalue weighted by atomic mass is 9.88. The van der Waals surface area contributed by atoms with Gasteiger partial charge < -0.3 is 9.47 Å². The highest BCUT2D eigenvalue weighted by Gasteiger charge is 2.57. The highest BCUT2D eigenvalue weighted by molar-refractivity contribution is 9.10. The Morgan fingerprint density at radius 3 is 2.17 bits per heavy atom. The topological polar surface area (TPSA) is 55.8 Å². The zero-order chi connectivity index (χ0) is 29.4. The van der Waals surface area contributed by atoms with E-state index in [-0.39, 0.29) is 17.7 Å². The zero-order valence-corrected chi connectivity index (χ0v) is 27.0. The predicted octanol–water partition coefficient (Wildman–Crippen LogP) is 8.46. The van der Waals surface area contributed by atoms with E-state index in [2.05, 4.69) is 35.6 Å². The van der Waals surface area contributed by atoms with Crippen molar-refractivity contribution in [3.8, 4) is 0 Å². The van der Waals surface area contributed by atoms with E-state index < -0.39 is 43.5 Å². The van der Waals surface area contributed by atoms with Gasteiger partial charge in [-0.25, -0.2) is 4.39 Å². The lowest BCUT2D eigenvalue weighted by Gasteiger charge is -2.44. The fourth-order valence-corrected chi connectivity index (χ4v) is 6.52. The normalized spacial score (nSPS) is 18.4. The Balaban J connectivity index is 1.93.